The fourth-order valence-corrected chi connectivity index (χ4v) is 24.2. The van der Waals surface area contributed by atoms with Gasteiger partial charge in [0.15, 0.2) is 0 Å². The molecular weight excluding hydrogens is 560 g/mol. The first-order chi connectivity index (χ1) is 18.9. The molecule has 0 spiro atoms. The van der Waals surface area contributed by atoms with Gasteiger partial charge in [-0.1, -0.05) is 0 Å². The summed E-state index contributed by atoms with van der Waals surface area (Å²) in [6.45, 7) is 14.1. The third-order valence-corrected chi connectivity index (χ3v) is 26.0. The topological polar surface area (TPSA) is 0 Å². The zero-order valence-corrected chi connectivity index (χ0v) is 27.5. The Kier molecular flexibility index (Phi) is 6.36. The Morgan fingerprint density at radius 2 is 1.27 bits per heavy atom. The average Bonchev–Trinajstić information content (AvgIpc) is 3.61. The molecule has 40 heavy (non-hydrogen) atoms. The van der Waals surface area contributed by atoms with Gasteiger partial charge in [0, 0.05) is 0 Å². The van der Waals surface area contributed by atoms with Crippen LogP contribution in [0.15, 0.2) is 113 Å². The molecule has 0 aliphatic heterocycles. The summed E-state index contributed by atoms with van der Waals surface area (Å²) in [7, 11) is 0. The van der Waals surface area contributed by atoms with Gasteiger partial charge in [0.05, 0.1) is 0 Å². The molecule has 0 unspecified atom stereocenters. The molecule has 202 valence electrons. The summed E-state index contributed by atoms with van der Waals surface area (Å²) in [5.74, 6) is 0. The Labute approximate surface area is 242 Å². The van der Waals surface area contributed by atoms with Gasteiger partial charge in [0.1, 0.15) is 0 Å². The second kappa shape index (κ2) is 9.32. The monoisotopic (exact) mass is 600 g/mol. The molecule has 2 aliphatic rings. The molecular formula is C39H42Zr. The van der Waals surface area contributed by atoms with E-state index in [1.165, 1.54) is 43.2 Å². The summed E-state index contributed by atoms with van der Waals surface area (Å²) in [6, 6.07) is 34.8. The van der Waals surface area contributed by atoms with Crippen LogP contribution < -0.4 is 9.81 Å². The standard InChI is InChI=1S/C21H25.2C6H5.C5H5.CH2.Zr/c1-20(2,3)16-7-9-18-14(12-16)11-15-13-17(21(4,5)6)8-10-19(15)18;2*1-2-4-6-5-3-1;1-2-4-5-3-1;;/h7-10,12H,11H2,1-6H3;2*1-5H;1-3H,4H2;1H2;. The Morgan fingerprint density at radius 3 is 1.80 bits per heavy atom. The molecule has 0 amide bonds. The second-order valence-corrected chi connectivity index (χ2v) is 26.9. The first-order valence-corrected chi connectivity index (χ1v) is 21.4. The normalized spacial score (nSPS) is 15.1. The third kappa shape index (κ3) is 3.92. The van der Waals surface area contributed by atoms with Crippen LogP contribution in [0, 0.1) is 0 Å². The van der Waals surface area contributed by atoms with E-state index >= 15 is 0 Å². The summed E-state index contributed by atoms with van der Waals surface area (Å²) >= 11 is -4.72. The molecule has 0 radical (unpaired) electrons. The molecule has 0 atom stereocenters. The fourth-order valence-electron chi connectivity index (χ4n) is 7.45. The minimum atomic E-state index is -4.72. The van der Waals surface area contributed by atoms with E-state index in [4.69, 9.17) is 4.21 Å². The van der Waals surface area contributed by atoms with Gasteiger partial charge in [0.2, 0.25) is 0 Å². The van der Waals surface area contributed by atoms with Crippen molar-refractivity contribution in [3.63, 3.8) is 0 Å². The maximum atomic E-state index is 5.67. The van der Waals surface area contributed by atoms with Crippen LogP contribution in [-0.4, -0.2) is 4.21 Å². The van der Waals surface area contributed by atoms with Crippen LogP contribution in [0.3, 0.4) is 0 Å². The molecule has 0 saturated carbocycles. The SMILES string of the molecule is [CH2]=[Zr]([C]1=CC=CC1)([c]1ccccc1)([c]1ccccc1)[c]1c(C(C)(C)C)ccc2c1Cc1cc(C(C)(C)C)ccc1-2. The maximum absolute atomic E-state index is 5.67. The van der Waals surface area contributed by atoms with Crippen LogP contribution in [0.25, 0.3) is 11.1 Å². The molecule has 0 saturated heterocycles. The van der Waals surface area contributed by atoms with Crippen LogP contribution >= 0.6 is 0 Å². The van der Waals surface area contributed by atoms with Crippen molar-refractivity contribution in [1.29, 1.82) is 0 Å². The summed E-state index contributed by atoms with van der Waals surface area (Å²) < 4.78 is 11.6. The van der Waals surface area contributed by atoms with Gasteiger partial charge >= 0.3 is 243 Å². The summed E-state index contributed by atoms with van der Waals surface area (Å²) in [6.07, 6.45) is 8.96. The van der Waals surface area contributed by atoms with Crippen molar-refractivity contribution in [2.24, 2.45) is 0 Å². The Hall–Kier alpha value is -2.89. The number of allylic oxidation sites excluding steroid dienone is 4. The third-order valence-electron chi connectivity index (χ3n) is 9.60. The van der Waals surface area contributed by atoms with Crippen molar-refractivity contribution in [2.45, 2.75) is 65.2 Å². The van der Waals surface area contributed by atoms with Gasteiger partial charge in [0.25, 0.3) is 0 Å². The van der Waals surface area contributed by atoms with Gasteiger partial charge in [-0.2, -0.15) is 0 Å². The van der Waals surface area contributed by atoms with Crippen LogP contribution in [-0.2, 0) is 35.5 Å². The van der Waals surface area contributed by atoms with E-state index in [2.05, 4.69) is 151 Å². The number of fused-ring (bicyclic) bond motifs is 3. The van der Waals surface area contributed by atoms with Crippen LogP contribution in [0.1, 0.15) is 70.2 Å². The summed E-state index contributed by atoms with van der Waals surface area (Å²) in [5, 5.41) is 0. The molecule has 2 aliphatic carbocycles. The van der Waals surface area contributed by atoms with E-state index in [1.54, 1.807) is 3.27 Å². The average molecular weight is 602 g/mol. The van der Waals surface area contributed by atoms with E-state index in [-0.39, 0.29) is 10.8 Å². The van der Waals surface area contributed by atoms with Crippen molar-refractivity contribution >= 4 is 14.0 Å². The molecule has 0 heterocycles. The van der Waals surface area contributed by atoms with E-state index in [0.717, 1.165) is 12.8 Å². The first kappa shape index (κ1) is 27.3. The van der Waals surface area contributed by atoms with Crippen molar-refractivity contribution in [2.75, 3.05) is 0 Å². The summed E-state index contributed by atoms with van der Waals surface area (Å²) in [5.41, 5.74) is 8.72. The predicted octanol–water partition coefficient (Wildman–Crippen LogP) is 8.09. The molecule has 6 rings (SSSR count). The Morgan fingerprint density at radius 1 is 0.675 bits per heavy atom. The quantitative estimate of drug-likeness (QED) is 0.195. The van der Waals surface area contributed by atoms with Crippen molar-refractivity contribution in [3.8, 4) is 11.1 Å². The van der Waals surface area contributed by atoms with Crippen molar-refractivity contribution < 1.29 is 18.3 Å². The van der Waals surface area contributed by atoms with E-state index < -0.39 is 18.3 Å². The first-order valence-electron chi connectivity index (χ1n) is 14.7. The van der Waals surface area contributed by atoms with Gasteiger partial charge in [-0.3, -0.25) is 0 Å². The van der Waals surface area contributed by atoms with Gasteiger partial charge in [-0.05, 0) is 0 Å². The van der Waals surface area contributed by atoms with Crippen molar-refractivity contribution in [3.05, 3.63) is 135 Å². The number of hydrogen-bond donors (Lipinski definition) is 0. The van der Waals surface area contributed by atoms with E-state index in [0.29, 0.717) is 0 Å². The zero-order chi connectivity index (χ0) is 28.4. The second-order valence-electron chi connectivity index (χ2n) is 14.1. The molecule has 4 aromatic rings. The molecule has 0 bridgehead atoms. The van der Waals surface area contributed by atoms with E-state index in [1.807, 2.05) is 0 Å². The Bertz CT molecular complexity index is 1690. The van der Waals surface area contributed by atoms with Crippen LogP contribution in [0.4, 0.5) is 0 Å². The number of hydrogen-bond acceptors (Lipinski definition) is 0. The van der Waals surface area contributed by atoms with Crippen LogP contribution in [0.2, 0.25) is 0 Å². The van der Waals surface area contributed by atoms with Crippen molar-refractivity contribution in [1.82, 2.24) is 0 Å². The molecule has 4 aromatic carbocycles. The minimum absolute atomic E-state index is 0.0291. The van der Waals surface area contributed by atoms with Gasteiger partial charge in [-0.15, -0.1) is 0 Å². The molecule has 0 nitrogen and oxygen atoms in total. The number of rotatable bonds is 4. The molecule has 0 aromatic heterocycles. The number of benzene rings is 4. The molecule has 0 fully saturated rings. The zero-order valence-electron chi connectivity index (χ0n) is 25.0. The molecule has 1 heteroatoms. The van der Waals surface area contributed by atoms with E-state index in [9.17, 15) is 0 Å². The van der Waals surface area contributed by atoms with Crippen LogP contribution in [0.5, 0.6) is 0 Å². The van der Waals surface area contributed by atoms with Gasteiger partial charge < -0.3 is 0 Å². The fraction of sp³-hybridized carbons (Fsp3) is 0.256. The summed E-state index contributed by atoms with van der Waals surface area (Å²) in [4.78, 5) is 0. The Balaban J connectivity index is 1.80. The predicted molar refractivity (Wildman–Crippen MR) is 173 cm³/mol. The molecule has 0 N–H and O–H groups in total. The van der Waals surface area contributed by atoms with Gasteiger partial charge in [-0.25, -0.2) is 0 Å².